The van der Waals surface area contributed by atoms with Crippen molar-refractivity contribution in [3.63, 3.8) is 0 Å². The van der Waals surface area contributed by atoms with Crippen LogP contribution >= 0.6 is 0 Å². The predicted molar refractivity (Wildman–Crippen MR) is 110 cm³/mol. The highest BCUT2D eigenvalue weighted by atomic mass is 16.5. The van der Waals surface area contributed by atoms with E-state index in [1.807, 2.05) is 36.4 Å². The summed E-state index contributed by atoms with van der Waals surface area (Å²) in [5, 5.41) is 6.14. The van der Waals surface area contributed by atoms with E-state index in [-0.39, 0.29) is 5.91 Å². The first-order chi connectivity index (χ1) is 14.3. The zero-order valence-electron chi connectivity index (χ0n) is 15.9. The van der Waals surface area contributed by atoms with E-state index >= 15 is 0 Å². The lowest BCUT2D eigenvalue weighted by atomic mass is 10.2. The molecule has 0 spiro atoms. The van der Waals surface area contributed by atoms with Crippen molar-refractivity contribution in [1.82, 2.24) is 20.3 Å². The van der Waals surface area contributed by atoms with Crippen molar-refractivity contribution in [2.75, 3.05) is 36.5 Å². The standard InChI is InChI=1S/C21H22N6O2/c28-21(23-14-16-5-3-4-8-22-16)18-13-20(25-15-24-18)26-17-6-1-2-7-19(17)27-9-11-29-12-10-27/h1-8,13,15H,9-12,14H2,(H,23,28)(H,24,25,26). The molecule has 29 heavy (non-hydrogen) atoms. The van der Waals surface area contributed by atoms with Gasteiger partial charge in [-0.15, -0.1) is 0 Å². The van der Waals surface area contributed by atoms with E-state index in [1.54, 1.807) is 12.3 Å². The van der Waals surface area contributed by atoms with Gasteiger partial charge in [0, 0.05) is 25.4 Å². The van der Waals surface area contributed by atoms with Crippen LogP contribution in [0.25, 0.3) is 0 Å². The van der Waals surface area contributed by atoms with E-state index in [2.05, 4.69) is 36.6 Å². The third-order valence-corrected chi connectivity index (χ3v) is 4.57. The average Bonchev–Trinajstić information content (AvgIpc) is 2.79. The molecular formula is C21H22N6O2. The SMILES string of the molecule is O=C(NCc1ccccn1)c1cc(Nc2ccccc2N2CCOCC2)ncn1. The van der Waals surface area contributed by atoms with E-state index in [0.717, 1.165) is 30.2 Å². The summed E-state index contributed by atoms with van der Waals surface area (Å²) >= 11 is 0. The third-order valence-electron chi connectivity index (χ3n) is 4.57. The quantitative estimate of drug-likeness (QED) is 0.668. The van der Waals surface area contributed by atoms with Crippen molar-refractivity contribution in [2.24, 2.45) is 0 Å². The molecule has 0 radical (unpaired) electrons. The molecule has 1 amide bonds. The van der Waals surface area contributed by atoms with Crippen LogP contribution in [0.3, 0.4) is 0 Å². The summed E-state index contributed by atoms with van der Waals surface area (Å²) in [5.41, 5.74) is 3.08. The van der Waals surface area contributed by atoms with Gasteiger partial charge in [-0.3, -0.25) is 9.78 Å². The molecule has 8 nitrogen and oxygen atoms in total. The Kier molecular flexibility index (Phi) is 5.92. The molecule has 0 atom stereocenters. The summed E-state index contributed by atoms with van der Waals surface area (Å²) < 4.78 is 5.44. The minimum atomic E-state index is -0.275. The van der Waals surface area contributed by atoms with Crippen molar-refractivity contribution in [3.8, 4) is 0 Å². The Hall–Kier alpha value is -3.52. The molecule has 0 unspecified atom stereocenters. The van der Waals surface area contributed by atoms with Gasteiger partial charge >= 0.3 is 0 Å². The lowest BCUT2D eigenvalue weighted by molar-refractivity contribution is 0.0945. The van der Waals surface area contributed by atoms with Gasteiger partial charge in [0.2, 0.25) is 0 Å². The van der Waals surface area contributed by atoms with Gasteiger partial charge in [-0.1, -0.05) is 18.2 Å². The molecule has 1 aliphatic rings. The number of pyridine rings is 1. The van der Waals surface area contributed by atoms with Crippen LogP contribution in [0.5, 0.6) is 0 Å². The van der Waals surface area contributed by atoms with Gasteiger partial charge in [0.1, 0.15) is 17.8 Å². The first-order valence-corrected chi connectivity index (χ1v) is 9.48. The fourth-order valence-corrected chi connectivity index (χ4v) is 3.11. The number of hydrogen-bond donors (Lipinski definition) is 2. The second kappa shape index (κ2) is 9.11. The number of ether oxygens (including phenoxy) is 1. The molecule has 0 bridgehead atoms. The van der Waals surface area contributed by atoms with Crippen LogP contribution in [-0.2, 0) is 11.3 Å². The summed E-state index contributed by atoms with van der Waals surface area (Å²) in [5.74, 6) is 0.284. The summed E-state index contributed by atoms with van der Waals surface area (Å²) in [4.78, 5) is 27.3. The number of hydrogen-bond acceptors (Lipinski definition) is 7. The number of nitrogens with one attached hydrogen (secondary N) is 2. The molecule has 2 aromatic heterocycles. The number of carbonyl (C=O) groups excluding carboxylic acids is 1. The predicted octanol–water partition coefficient (Wildman–Crippen LogP) is 2.38. The minimum absolute atomic E-state index is 0.275. The van der Waals surface area contributed by atoms with Crippen LogP contribution < -0.4 is 15.5 Å². The summed E-state index contributed by atoms with van der Waals surface area (Å²) in [6, 6.07) is 15.2. The fourth-order valence-electron chi connectivity index (χ4n) is 3.11. The molecule has 1 aromatic carbocycles. The topological polar surface area (TPSA) is 92.3 Å². The van der Waals surface area contributed by atoms with Gasteiger partial charge in [-0.25, -0.2) is 9.97 Å². The highest BCUT2D eigenvalue weighted by Gasteiger charge is 2.15. The maximum atomic E-state index is 12.5. The molecule has 4 rings (SSSR count). The van der Waals surface area contributed by atoms with Gasteiger partial charge in [-0.05, 0) is 24.3 Å². The van der Waals surface area contributed by atoms with Crippen molar-refractivity contribution < 1.29 is 9.53 Å². The van der Waals surface area contributed by atoms with Gasteiger partial charge in [0.05, 0.1) is 36.8 Å². The highest BCUT2D eigenvalue weighted by molar-refractivity contribution is 5.93. The Morgan fingerprint density at radius 1 is 1.03 bits per heavy atom. The summed E-state index contributed by atoms with van der Waals surface area (Å²) in [6.07, 6.45) is 3.08. The second-order valence-electron chi connectivity index (χ2n) is 6.53. The molecule has 8 heteroatoms. The zero-order valence-corrected chi connectivity index (χ0v) is 15.9. The van der Waals surface area contributed by atoms with Crippen LogP contribution in [0.2, 0.25) is 0 Å². The third kappa shape index (κ3) is 4.85. The van der Waals surface area contributed by atoms with Crippen LogP contribution in [-0.4, -0.2) is 47.2 Å². The lowest BCUT2D eigenvalue weighted by Crippen LogP contribution is -2.36. The van der Waals surface area contributed by atoms with Crippen LogP contribution in [0.1, 0.15) is 16.2 Å². The van der Waals surface area contributed by atoms with Crippen molar-refractivity contribution in [3.05, 3.63) is 72.4 Å². The minimum Gasteiger partial charge on any atom is -0.378 e. The molecule has 0 saturated carbocycles. The first-order valence-electron chi connectivity index (χ1n) is 9.48. The van der Waals surface area contributed by atoms with Crippen LogP contribution in [0.4, 0.5) is 17.2 Å². The van der Waals surface area contributed by atoms with E-state index in [9.17, 15) is 4.79 Å². The lowest BCUT2D eigenvalue weighted by Gasteiger charge is -2.30. The van der Waals surface area contributed by atoms with Gasteiger partial charge in [-0.2, -0.15) is 0 Å². The van der Waals surface area contributed by atoms with Gasteiger partial charge in [0.15, 0.2) is 0 Å². The molecule has 3 heterocycles. The van der Waals surface area contributed by atoms with E-state index in [0.29, 0.717) is 31.3 Å². The van der Waals surface area contributed by atoms with Gasteiger partial charge in [0.25, 0.3) is 5.91 Å². The Labute approximate surface area is 169 Å². The monoisotopic (exact) mass is 390 g/mol. The molecule has 1 saturated heterocycles. The average molecular weight is 390 g/mol. The smallest absolute Gasteiger partial charge is 0.270 e. The Morgan fingerprint density at radius 3 is 2.69 bits per heavy atom. The summed E-state index contributed by atoms with van der Waals surface area (Å²) in [7, 11) is 0. The number of benzene rings is 1. The number of anilines is 3. The zero-order chi connectivity index (χ0) is 19.9. The number of rotatable bonds is 6. The number of carbonyl (C=O) groups is 1. The molecule has 148 valence electrons. The van der Waals surface area contributed by atoms with Crippen molar-refractivity contribution in [2.45, 2.75) is 6.54 Å². The molecule has 1 aliphatic heterocycles. The van der Waals surface area contributed by atoms with E-state index in [4.69, 9.17) is 4.74 Å². The summed E-state index contributed by atoms with van der Waals surface area (Å²) in [6.45, 7) is 3.43. The van der Waals surface area contributed by atoms with E-state index < -0.39 is 0 Å². The molecular weight excluding hydrogens is 368 g/mol. The largest absolute Gasteiger partial charge is 0.378 e. The number of nitrogens with zero attached hydrogens (tertiary/aromatic N) is 4. The molecule has 1 fully saturated rings. The van der Waals surface area contributed by atoms with Crippen LogP contribution in [0.15, 0.2) is 61.1 Å². The van der Waals surface area contributed by atoms with E-state index in [1.165, 1.54) is 6.33 Å². The van der Waals surface area contributed by atoms with Crippen molar-refractivity contribution in [1.29, 1.82) is 0 Å². The highest BCUT2D eigenvalue weighted by Crippen LogP contribution is 2.28. The number of amides is 1. The fraction of sp³-hybridized carbons (Fsp3) is 0.238. The Balaban J connectivity index is 1.46. The normalized spacial score (nSPS) is 13.7. The Bertz CT molecular complexity index is 960. The number of morpholine rings is 1. The molecule has 2 N–H and O–H groups in total. The van der Waals surface area contributed by atoms with Gasteiger partial charge < -0.3 is 20.3 Å². The second-order valence-corrected chi connectivity index (χ2v) is 6.53. The Morgan fingerprint density at radius 2 is 1.86 bits per heavy atom. The molecule has 3 aromatic rings. The maximum Gasteiger partial charge on any atom is 0.270 e. The first kappa shape index (κ1) is 18.8. The maximum absolute atomic E-state index is 12.5. The number of para-hydroxylation sites is 2. The van der Waals surface area contributed by atoms with Crippen molar-refractivity contribution >= 4 is 23.1 Å². The number of aromatic nitrogens is 3. The van der Waals surface area contributed by atoms with Crippen LogP contribution in [0, 0.1) is 0 Å². The molecule has 0 aliphatic carbocycles.